The van der Waals surface area contributed by atoms with Crippen LogP contribution in [0.4, 0.5) is 0 Å². The molecule has 1 aliphatic carbocycles. The van der Waals surface area contributed by atoms with Crippen molar-refractivity contribution in [2.75, 3.05) is 6.54 Å². The van der Waals surface area contributed by atoms with Crippen molar-refractivity contribution >= 4 is 21.8 Å². The Bertz CT molecular complexity index is 738. The number of benzene rings is 1. The Labute approximate surface area is 155 Å². The molecule has 0 radical (unpaired) electrons. The predicted molar refractivity (Wildman–Crippen MR) is 98.6 cm³/mol. The van der Waals surface area contributed by atoms with Crippen molar-refractivity contribution in [1.29, 1.82) is 0 Å². The van der Waals surface area contributed by atoms with Gasteiger partial charge in [-0.3, -0.25) is 9.59 Å². The molecule has 1 aliphatic rings. The van der Waals surface area contributed by atoms with Gasteiger partial charge in [0.2, 0.25) is 10.0 Å². The van der Waals surface area contributed by atoms with Crippen molar-refractivity contribution in [2.24, 2.45) is 11.8 Å². The Morgan fingerprint density at radius 3 is 2.54 bits per heavy atom. The van der Waals surface area contributed by atoms with Crippen LogP contribution in [0.5, 0.6) is 0 Å². The first-order valence-electron chi connectivity index (χ1n) is 9.19. The Kier molecular flexibility index (Phi) is 7.34. The summed E-state index contributed by atoms with van der Waals surface area (Å²) in [7, 11) is -3.65. The summed E-state index contributed by atoms with van der Waals surface area (Å²) in [5.41, 5.74) is 0.235. The van der Waals surface area contributed by atoms with Crippen LogP contribution >= 0.6 is 0 Å². The summed E-state index contributed by atoms with van der Waals surface area (Å²) in [5.74, 6) is -1.65. The fourth-order valence-electron chi connectivity index (χ4n) is 3.55. The van der Waals surface area contributed by atoms with Crippen LogP contribution in [0.15, 0.2) is 29.2 Å². The number of aliphatic carboxylic acids is 1. The molecule has 0 heterocycles. The lowest BCUT2D eigenvalue weighted by atomic mass is 9.81. The Hall–Kier alpha value is -1.73. The maximum absolute atomic E-state index is 12.6. The zero-order valence-electron chi connectivity index (χ0n) is 15.1. The van der Waals surface area contributed by atoms with Crippen LogP contribution in [0.1, 0.15) is 62.2 Å². The number of carbonyl (C=O) groups is 2. The van der Waals surface area contributed by atoms with Gasteiger partial charge in [0.1, 0.15) is 0 Å². The minimum atomic E-state index is -3.65. The van der Waals surface area contributed by atoms with Gasteiger partial charge >= 0.3 is 5.97 Å². The lowest BCUT2D eigenvalue weighted by molar-refractivity contribution is -0.142. The molecule has 0 spiro atoms. The second-order valence-corrected chi connectivity index (χ2v) is 8.70. The van der Waals surface area contributed by atoms with Crippen LogP contribution in [-0.2, 0) is 14.8 Å². The third-order valence-corrected chi connectivity index (χ3v) is 6.47. The van der Waals surface area contributed by atoms with Crippen molar-refractivity contribution in [3.05, 3.63) is 29.8 Å². The summed E-state index contributed by atoms with van der Waals surface area (Å²) in [6.45, 7) is 1.93. The average molecular weight is 381 g/mol. The highest BCUT2D eigenvalue weighted by Crippen LogP contribution is 2.31. The van der Waals surface area contributed by atoms with Gasteiger partial charge in [-0.1, -0.05) is 51.2 Å². The number of Topliss-reactive ketones (excluding diaryl/α,β-unsaturated/α-hetero) is 1. The Morgan fingerprint density at radius 2 is 1.92 bits per heavy atom. The van der Waals surface area contributed by atoms with Crippen LogP contribution in [-0.4, -0.2) is 31.8 Å². The lowest BCUT2D eigenvalue weighted by Gasteiger charge is -2.24. The molecule has 7 heteroatoms. The number of hydrogen-bond donors (Lipinski definition) is 2. The van der Waals surface area contributed by atoms with Crippen LogP contribution < -0.4 is 4.72 Å². The number of carboxylic acids is 1. The van der Waals surface area contributed by atoms with Gasteiger partial charge in [0.25, 0.3) is 0 Å². The van der Waals surface area contributed by atoms with Crippen LogP contribution in [0, 0.1) is 11.8 Å². The van der Waals surface area contributed by atoms with E-state index < -0.39 is 21.9 Å². The van der Waals surface area contributed by atoms with E-state index in [1.807, 2.05) is 0 Å². The molecular formula is C19H27NO5S. The number of nitrogens with one attached hydrogen (secondary N) is 1. The topological polar surface area (TPSA) is 101 Å². The van der Waals surface area contributed by atoms with Gasteiger partial charge in [0.05, 0.1) is 10.8 Å². The number of rotatable bonds is 9. The number of carbonyl (C=O) groups excluding carboxylic acids is 1. The molecule has 0 bridgehead atoms. The molecule has 1 aromatic rings. The van der Waals surface area contributed by atoms with E-state index in [1.165, 1.54) is 30.7 Å². The summed E-state index contributed by atoms with van der Waals surface area (Å²) >= 11 is 0. The predicted octanol–water partition coefficient (Wildman–Crippen LogP) is 3.23. The molecule has 144 valence electrons. The molecule has 1 unspecified atom stereocenters. The average Bonchev–Trinajstić information content (AvgIpc) is 2.62. The minimum Gasteiger partial charge on any atom is -0.481 e. The van der Waals surface area contributed by atoms with Gasteiger partial charge in [-0.05, 0) is 24.5 Å². The third kappa shape index (κ3) is 5.64. The number of sulfonamides is 1. The zero-order valence-corrected chi connectivity index (χ0v) is 15.9. The molecule has 0 aliphatic heterocycles. The summed E-state index contributed by atoms with van der Waals surface area (Å²) in [6, 6.07) is 5.78. The first-order valence-corrected chi connectivity index (χ1v) is 10.7. The van der Waals surface area contributed by atoms with E-state index in [-0.39, 0.29) is 29.2 Å². The van der Waals surface area contributed by atoms with E-state index in [9.17, 15) is 23.1 Å². The maximum Gasteiger partial charge on any atom is 0.306 e. The van der Waals surface area contributed by atoms with Crippen molar-refractivity contribution < 1.29 is 23.1 Å². The molecule has 2 N–H and O–H groups in total. The summed E-state index contributed by atoms with van der Waals surface area (Å²) in [4.78, 5) is 24.2. The molecular weight excluding hydrogens is 354 g/mol. The molecule has 0 amide bonds. The first-order chi connectivity index (χ1) is 12.3. The summed E-state index contributed by atoms with van der Waals surface area (Å²) in [6.07, 6.45) is 5.89. The second kappa shape index (κ2) is 9.28. The fraction of sp³-hybridized carbons (Fsp3) is 0.579. The van der Waals surface area contributed by atoms with Gasteiger partial charge in [-0.2, -0.15) is 0 Å². The molecule has 0 saturated heterocycles. The highest BCUT2D eigenvalue weighted by molar-refractivity contribution is 7.89. The monoisotopic (exact) mass is 381 g/mol. The largest absolute Gasteiger partial charge is 0.481 e. The van der Waals surface area contributed by atoms with Crippen molar-refractivity contribution in [1.82, 2.24) is 4.72 Å². The van der Waals surface area contributed by atoms with Crippen molar-refractivity contribution in [2.45, 2.75) is 56.8 Å². The first kappa shape index (κ1) is 20.6. The Balaban J connectivity index is 2.10. The van der Waals surface area contributed by atoms with Crippen LogP contribution in [0.2, 0.25) is 0 Å². The van der Waals surface area contributed by atoms with E-state index in [0.29, 0.717) is 12.3 Å². The molecule has 1 atom stereocenters. The van der Waals surface area contributed by atoms with Crippen LogP contribution in [0.25, 0.3) is 0 Å². The summed E-state index contributed by atoms with van der Waals surface area (Å²) < 4.78 is 26.6. The van der Waals surface area contributed by atoms with E-state index in [4.69, 9.17) is 0 Å². The Morgan fingerprint density at radius 1 is 1.23 bits per heavy atom. The number of ketones is 1. The smallest absolute Gasteiger partial charge is 0.306 e. The van der Waals surface area contributed by atoms with E-state index in [0.717, 1.165) is 25.7 Å². The second-order valence-electron chi connectivity index (χ2n) is 6.93. The molecule has 2 rings (SSSR count). The highest BCUT2D eigenvalue weighted by Gasteiger charge is 2.27. The van der Waals surface area contributed by atoms with Gasteiger partial charge < -0.3 is 5.11 Å². The SMILES string of the molecule is CCNS(=O)(=O)c1cccc(C(=O)CC(CC2CCCCC2)C(=O)O)c1. The van der Waals surface area contributed by atoms with Crippen molar-refractivity contribution in [3.63, 3.8) is 0 Å². The molecule has 1 fully saturated rings. The van der Waals surface area contributed by atoms with Crippen molar-refractivity contribution in [3.8, 4) is 0 Å². The standard InChI is InChI=1S/C19H27NO5S/c1-2-20-26(24,25)17-10-6-9-15(12-17)18(21)13-16(19(22)23)11-14-7-4-3-5-8-14/h6,9-10,12,14,16,20H,2-5,7-8,11,13H2,1H3,(H,22,23). The summed E-state index contributed by atoms with van der Waals surface area (Å²) in [5, 5.41) is 9.50. The van der Waals surface area contributed by atoms with Gasteiger partial charge in [-0.15, -0.1) is 0 Å². The molecule has 1 aromatic carbocycles. The molecule has 26 heavy (non-hydrogen) atoms. The third-order valence-electron chi connectivity index (χ3n) is 4.92. The highest BCUT2D eigenvalue weighted by atomic mass is 32.2. The van der Waals surface area contributed by atoms with Gasteiger partial charge in [0, 0.05) is 18.5 Å². The maximum atomic E-state index is 12.6. The minimum absolute atomic E-state index is 0.0179. The molecule has 0 aromatic heterocycles. The van der Waals surface area contributed by atoms with E-state index in [2.05, 4.69) is 4.72 Å². The van der Waals surface area contributed by atoms with Gasteiger partial charge in [-0.25, -0.2) is 13.1 Å². The quantitative estimate of drug-likeness (QED) is 0.640. The normalized spacial score (nSPS) is 17.0. The van der Waals surface area contributed by atoms with Gasteiger partial charge in [0.15, 0.2) is 5.78 Å². The number of carboxylic acid groups (broad SMARTS) is 1. The van der Waals surface area contributed by atoms with Crippen LogP contribution in [0.3, 0.4) is 0 Å². The zero-order chi connectivity index (χ0) is 19.2. The molecule has 1 saturated carbocycles. The molecule has 6 nitrogen and oxygen atoms in total. The lowest BCUT2D eigenvalue weighted by Crippen LogP contribution is -2.24. The van der Waals surface area contributed by atoms with E-state index in [1.54, 1.807) is 6.92 Å². The van der Waals surface area contributed by atoms with E-state index >= 15 is 0 Å². The number of hydrogen-bond acceptors (Lipinski definition) is 4. The fourth-order valence-corrected chi connectivity index (χ4v) is 4.63.